The summed E-state index contributed by atoms with van der Waals surface area (Å²) in [6.07, 6.45) is -5.34. The topological polar surface area (TPSA) is 84.7 Å². The molecule has 10 heteroatoms. The van der Waals surface area contributed by atoms with Crippen LogP contribution in [0.4, 0.5) is 18.0 Å². The lowest BCUT2D eigenvalue weighted by Crippen LogP contribution is -2.33. The monoisotopic (exact) mass is 399 g/mol. The molecule has 28 heavy (non-hydrogen) atoms. The first-order valence-electron chi connectivity index (χ1n) is 8.22. The van der Waals surface area contributed by atoms with Crippen LogP contribution in [0.2, 0.25) is 0 Å². The van der Waals surface area contributed by atoms with Gasteiger partial charge in [0.05, 0.1) is 5.69 Å². The molecular weight excluding hydrogens is 379 g/mol. The number of halogens is 3. The predicted octanol–water partition coefficient (Wildman–Crippen LogP) is 3.96. The number of rotatable bonds is 4. The second-order valence-electron chi connectivity index (χ2n) is 7.14. The summed E-state index contributed by atoms with van der Waals surface area (Å²) in [5.74, 6) is -1.54. The molecule has 2 aromatic rings. The zero-order valence-electron chi connectivity index (χ0n) is 15.7. The Morgan fingerprint density at radius 1 is 1.21 bits per heavy atom. The molecule has 0 aliphatic heterocycles. The molecule has 0 fully saturated rings. The smallest absolute Gasteiger partial charge is 0.435 e. The van der Waals surface area contributed by atoms with Gasteiger partial charge in [0, 0.05) is 19.7 Å². The number of nitrogens with zero attached hydrogens (tertiary/aromatic N) is 3. The standard InChI is InChI=1S/C18H20F3N3O4/c1-17(2,3)28-16(27)23(4)10-11-6-5-7-12(8-11)24-13(15(25)26)9-14(22-24)18(19,20)21/h5-9H,10H2,1-4H3,(H,25,26). The van der Waals surface area contributed by atoms with Crippen LogP contribution in [0.5, 0.6) is 0 Å². The van der Waals surface area contributed by atoms with E-state index in [-0.39, 0.29) is 12.2 Å². The van der Waals surface area contributed by atoms with E-state index < -0.39 is 35.2 Å². The van der Waals surface area contributed by atoms with Gasteiger partial charge in [-0.1, -0.05) is 12.1 Å². The fourth-order valence-electron chi connectivity index (χ4n) is 2.33. The molecule has 1 aromatic carbocycles. The molecule has 152 valence electrons. The lowest BCUT2D eigenvalue weighted by Gasteiger charge is -2.24. The van der Waals surface area contributed by atoms with Crippen molar-refractivity contribution in [3.63, 3.8) is 0 Å². The van der Waals surface area contributed by atoms with Gasteiger partial charge in [-0.15, -0.1) is 0 Å². The SMILES string of the molecule is CN(Cc1cccc(-n2nc(C(F)(F)F)cc2C(=O)O)c1)C(=O)OC(C)(C)C. The van der Waals surface area contributed by atoms with E-state index in [0.717, 1.165) is 0 Å². The number of aromatic carboxylic acids is 1. The van der Waals surface area contributed by atoms with Crippen molar-refractivity contribution in [1.29, 1.82) is 0 Å². The predicted molar refractivity (Wildman–Crippen MR) is 93.2 cm³/mol. The van der Waals surface area contributed by atoms with Crippen LogP contribution in [-0.4, -0.2) is 44.5 Å². The highest BCUT2D eigenvalue weighted by molar-refractivity contribution is 5.86. The van der Waals surface area contributed by atoms with Crippen LogP contribution in [0.25, 0.3) is 5.69 Å². The summed E-state index contributed by atoms with van der Waals surface area (Å²) in [6, 6.07) is 6.55. The number of amides is 1. The van der Waals surface area contributed by atoms with Crippen molar-refractivity contribution in [1.82, 2.24) is 14.7 Å². The Morgan fingerprint density at radius 3 is 2.39 bits per heavy atom. The molecule has 1 aromatic heterocycles. The van der Waals surface area contributed by atoms with Gasteiger partial charge in [-0.05, 0) is 38.5 Å². The second-order valence-corrected chi connectivity index (χ2v) is 7.14. The van der Waals surface area contributed by atoms with Crippen molar-refractivity contribution in [2.75, 3.05) is 7.05 Å². The van der Waals surface area contributed by atoms with Gasteiger partial charge in [0.15, 0.2) is 11.4 Å². The largest absolute Gasteiger partial charge is 0.477 e. The molecule has 0 aliphatic carbocycles. The van der Waals surface area contributed by atoms with Gasteiger partial charge in [-0.25, -0.2) is 14.3 Å². The number of aromatic nitrogens is 2. The number of carbonyl (C=O) groups excluding carboxylic acids is 1. The third kappa shape index (κ3) is 5.24. The minimum atomic E-state index is -4.77. The third-order valence-electron chi connectivity index (χ3n) is 3.50. The maximum atomic E-state index is 12.9. The molecule has 0 bridgehead atoms. The average molecular weight is 399 g/mol. The Hall–Kier alpha value is -3.04. The highest BCUT2D eigenvalue weighted by Gasteiger charge is 2.36. The van der Waals surface area contributed by atoms with Gasteiger partial charge in [-0.3, -0.25) is 0 Å². The summed E-state index contributed by atoms with van der Waals surface area (Å²) >= 11 is 0. The van der Waals surface area contributed by atoms with Crippen LogP contribution in [0.3, 0.4) is 0 Å². The minimum absolute atomic E-state index is 0.110. The molecule has 0 saturated heterocycles. The summed E-state index contributed by atoms with van der Waals surface area (Å²) in [4.78, 5) is 24.7. The van der Waals surface area contributed by atoms with E-state index in [0.29, 0.717) is 16.3 Å². The highest BCUT2D eigenvalue weighted by Crippen LogP contribution is 2.29. The Labute approximate surface area is 159 Å². The maximum Gasteiger partial charge on any atom is 0.435 e. The van der Waals surface area contributed by atoms with Crippen LogP contribution in [0, 0.1) is 0 Å². The molecule has 0 saturated carbocycles. The van der Waals surface area contributed by atoms with E-state index in [4.69, 9.17) is 4.74 Å². The van der Waals surface area contributed by atoms with Crippen molar-refractivity contribution in [2.45, 2.75) is 39.1 Å². The second kappa shape index (κ2) is 7.53. The van der Waals surface area contributed by atoms with Crippen molar-refractivity contribution < 1.29 is 32.6 Å². The van der Waals surface area contributed by atoms with Crippen LogP contribution < -0.4 is 0 Å². The quantitative estimate of drug-likeness (QED) is 0.841. The molecule has 0 radical (unpaired) electrons. The molecular formula is C18H20F3N3O4. The first kappa shape index (κ1) is 21.3. The number of benzene rings is 1. The highest BCUT2D eigenvalue weighted by atomic mass is 19.4. The van der Waals surface area contributed by atoms with Crippen LogP contribution in [-0.2, 0) is 17.5 Å². The van der Waals surface area contributed by atoms with Gasteiger partial charge in [0.1, 0.15) is 5.60 Å². The fourth-order valence-corrected chi connectivity index (χ4v) is 2.33. The lowest BCUT2D eigenvalue weighted by molar-refractivity contribution is -0.141. The van der Waals surface area contributed by atoms with Crippen LogP contribution in [0.1, 0.15) is 42.5 Å². The van der Waals surface area contributed by atoms with Crippen molar-refractivity contribution in [3.05, 3.63) is 47.3 Å². The van der Waals surface area contributed by atoms with Crippen molar-refractivity contribution in [2.24, 2.45) is 0 Å². The Bertz CT molecular complexity index is 885. The molecule has 7 nitrogen and oxygen atoms in total. The Kier molecular flexibility index (Phi) is 5.72. The summed E-state index contributed by atoms with van der Waals surface area (Å²) in [6.45, 7) is 5.28. The number of carbonyl (C=O) groups is 2. The number of alkyl halides is 3. The minimum Gasteiger partial charge on any atom is -0.477 e. The van der Waals surface area contributed by atoms with Gasteiger partial charge >= 0.3 is 18.2 Å². The summed E-state index contributed by atoms with van der Waals surface area (Å²) < 4.78 is 44.7. The number of hydrogen-bond acceptors (Lipinski definition) is 4. The third-order valence-corrected chi connectivity index (χ3v) is 3.50. The van der Waals surface area contributed by atoms with E-state index in [9.17, 15) is 27.9 Å². The summed E-state index contributed by atoms with van der Waals surface area (Å²) in [5.41, 5.74) is -1.91. The van der Waals surface area contributed by atoms with Gasteiger partial charge in [-0.2, -0.15) is 18.3 Å². The molecule has 0 atom stereocenters. The summed E-state index contributed by atoms with van der Waals surface area (Å²) in [7, 11) is 1.51. The molecule has 1 amide bonds. The maximum absolute atomic E-state index is 12.9. The van der Waals surface area contributed by atoms with E-state index in [2.05, 4.69) is 5.10 Å². The zero-order valence-corrected chi connectivity index (χ0v) is 15.7. The van der Waals surface area contributed by atoms with Crippen molar-refractivity contribution in [3.8, 4) is 5.69 Å². The molecule has 1 N–H and O–H groups in total. The number of carboxylic acids is 1. The number of ether oxygens (including phenoxy) is 1. The van der Waals surface area contributed by atoms with Crippen LogP contribution >= 0.6 is 0 Å². The van der Waals surface area contributed by atoms with Crippen LogP contribution in [0.15, 0.2) is 30.3 Å². The number of carboxylic acid groups (broad SMARTS) is 1. The van der Waals surface area contributed by atoms with Gasteiger partial charge in [0.25, 0.3) is 0 Å². The molecule has 2 rings (SSSR count). The Morgan fingerprint density at radius 2 is 1.86 bits per heavy atom. The normalized spacial score (nSPS) is 12.0. The van der Waals surface area contributed by atoms with Gasteiger partial charge in [0.2, 0.25) is 0 Å². The molecule has 0 unspecified atom stereocenters. The first-order chi connectivity index (χ1) is 12.8. The molecule has 0 aliphatic rings. The Balaban J connectivity index is 2.32. The van der Waals surface area contributed by atoms with E-state index in [1.54, 1.807) is 26.8 Å². The van der Waals surface area contributed by atoms with Gasteiger partial charge < -0.3 is 14.7 Å². The molecule has 0 spiro atoms. The van der Waals surface area contributed by atoms with E-state index in [1.807, 2.05) is 0 Å². The average Bonchev–Trinajstić information content (AvgIpc) is 2.99. The fraction of sp³-hybridized carbons (Fsp3) is 0.389. The van der Waals surface area contributed by atoms with Crippen molar-refractivity contribution >= 4 is 12.1 Å². The van der Waals surface area contributed by atoms with E-state index >= 15 is 0 Å². The lowest BCUT2D eigenvalue weighted by atomic mass is 10.2. The first-order valence-corrected chi connectivity index (χ1v) is 8.22. The van der Waals surface area contributed by atoms with E-state index in [1.165, 1.54) is 30.1 Å². The number of hydrogen-bond donors (Lipinski definition) is 1. The molecule has 1 heterocycles. The zero-order chi connectivity index (χ0) is 21.3. The summed E-state index contributed by atoms with van der Waals surface area (Å²) in [5, 5.41) is 12.6.